The summed E-state index contributed by atoms with van der Waals surface area (Å²) in [5.41, 5.74) is 2.75. The van der Waals surface area contributed by atoms with E-state index < -0.39 is 0 Å². The van der Waals surface area contributed by atoms with E-state index in [9.17, 15) is 0 Å². The summed E-state index contributed by atoms with van der Waals surface area (Å²) in [6.45, 7) is 2.92. The zero-order valence-corrected chi connectivity index (χ0v) is 6.99. The fraction of sp³-hybridized carbons (Fsp3) is 1.00. The second kappa shape index (κ2) is 4.91. The molecular formula is C6H15ClN2O. The Labute approximate surface area is 67.7 Å². The van der Waals surface area contributed by atoms with Crippen molar-refractivity contribution in [3.05, 3.63) is 0 Å². The molecule has 0 spiro atoms. The Bertz CT molecular complexity index is 91.8. The van der Waals surface area contributed by atoms with Crippen molar-refractivity contribution in [1.29, 1.82) is 0 Å². The highest BCUT2D eigenvalue weighted by Gasteiger charge is 2.16. The van der Waals surface area contributed by atoms with E-state index in [1.54, 1.807) is 0 Å². The van der Waals surface area contributed by atoms with Crippen molar-refractivity contribution in [3.63, 3.8) is 0 Å². The van der Waals surface area contributed by atoms with Gasteiger partial charge in [-0.15, -0.1) is 12.4 Å². The van der Waals surface area contributed by atoms with E-state index in [0.29, 0.717) is 12.1 Å². The molecule has 1 rings (SSSR count). The maximum Gasteiger partial charge on any atom is 0.0562 e. The third-order valence-electron chi connectivity index (χ3n) is 1.72. The molecule has 2 atom stereocenters. The summed E-state index contributed by atoms with van der Waals surface area (Å²) in [4.78, 5) is 0. The van der Waals surface area contributed by atoms with Crippen molar-refractivity contribution in [2.75, 3.05) is 6.61 Å². The number of hydrogen-bond acceptors (Lipinski definition) is 3. The molecule has 0 aromatic carbocycles. The van der Waals surface area contributed by atoms with Gasteiger partial charge in [0.2, 0.25) is 0 Å². The fourth-order valence-corrected chi connectivity index (χ4v) is 1.15. The standard InChI is InChI=1S/C6H14N2O.ClH/c1-5-4-6(8-7)2-3-9-5;/h5-6,8H,2-4,7H2,1H3;1H/t5-,6+;/m1./s1. The monoisotopic (exact) mass is 166 g/mol. The molecule has 4 heteroatoms. The van der Waals surface area contributed by atoms with Gasteiger partial charge in [-0.3, -0.25) is 11.3 Å². The van der Waals surface area contributed by atoms with E-state index >= 15 is 0 Å². The van der Waals surface area contributed by atoms with E-state index in [1.807, 2.05) is 0 Å². The van der Waals surface area contributed by atoms with Crippen LogP contribution in [-0.4, -0.2) is 18.8 Å². The summed E-state index contributed by atoms with van der Waals surface area (Å²) in [5, 5.41) is 0. The molecule has 0 saturated carbocycles. The van der Waals surface area contributed by atoms with Crippen LogP contribution in [-0.2, 0) is 4.74 Å². The molecule has 0 aromatic rings. The van der Waals surface area contributed by atoms with Crippen LogP contribution in [0.3, 0.4) is 0 Å². The predicted molar refractivity (Wildman–Crippen MR) is 43.0 cm³/mol. The second-order valence-electron chi connectivity index (χ2n) is 2.57. The molecule has 10 heavy (non-hydrogen) atoms. The topological polar surface area (TPSA) is 47.3 Å². The number of rotatable bonds is 1. The number of nitrogens with two attached hydrogens (primary N) is 1. The molecule has 1 fully saturated rings. The minimum atomic E-state index is 0. The maximum absolute atomic E-state index is 5.31. The first-order valence-electron chi connectivity index (χ1n) is 3.40. The Morgan fingerprint density at radius 1 is 1.60 bits per heavy atom. The van der Waals surface area contributed by atoms with Crippen molar-refractivity contribution in [1.82, 2.24) is 5.43 Å². The average molecular weight is 167 g/mol. The quantitative estimate of drug-likeness (QED) is 0.439. The second-order valence-corrected chi connectivity index (χ2v) is 2.57. The van der Waals surface area contributed by atoms with Gasteiger partial charge in [-0.2, -0.15) is 0 Å². The normalized spacial score (nSPS) is 33.0. The van der Waals surface area contributed by atoms with Gasteiger partial charge >= 0.3 is 0 Å². The number of hydrazine groups is 1. The van der Waals surface area contributed by atoms with Crippen LogP contribution in [0.5, 0.6) is 0 Å². The van der Waals surface area contributed by atoms with Crippen LogP contribution < -0.4 is 11.3 Å². The van der Waals surface area contributed by atoms with Crippen molar-refractivity contribution >= 4 is 12.4 Å². The van der Waals surface area contributed by atoms with Gasteiger partial charge in [-0.25, -0.2) is 0 Å². The van der Waals surface area contributed by atoms with E-state index in [-0.39, 0.29) is 12.4 Å². The highest BCUT2D eigenvalue weighted by atomic mass is 35.5. The molecule has 0 unspecified atom stereocenters. The van der Waals surface area contributed by atoms with Crippen LogP contribution in [0.15, 0.2) is 0 Å². The van der Waals surface area contributed by atoms with Crippen molar-refractivity contribution in [2.45, 2.75) is 31.9 Å². The van der Waals surface area contributed by atoms with Crippen LogP contribution in [0.25, 0.3) is 0 Å². The van der Waals surface area contributed by atoms with Crippen LogP contribution in [0.4, 0.5) is 0 Å². The van der Waals surface area contributed by atoms with Crippen LogP contribution in [0.2, 0.25) is 0 Å². The van der Waals surface area contributed by atoms with Crippen LogP contribution in [0, 0.1) is 0 Å². The summed E-state index contributed by atoms with van der Waals surface area (Å²) >= 11 is 0. The van der Waals surface area contributed by atoms with Crippen LogP contribution in [0.1, 0.15) is 19.8 Å². The first kappa shape index (κ1) is 10.2. The summed E-state index contributed by atoms with van der Waals surface area (Å²) in [6.07, 6.45) is 2.46. The van der Waals surface area contributed by atoms with Crippen molar-refractivity contribution in [2.24, 2.45) is 5.84 Å². The zero-order valence-electron chi connectivity index (χ0n) is 6.17. The van der Waals surface area contributed by atoms with Crippen molar-refractivity contribution in [3.8, 4) is 0 Å². The van der Waals surface area contributed by atoms with Crippen molar-refractivity contribution < 1.29 is 4.74 Å². The predicted octanol–water partition coefficient (Wildman–Crippen LogP) is 0.439. The van der Waals surface area contributed by atoms with Gasteiger partial charge in [-0.05, 0) is 19.8 Å². The molecule has 1 aliphatic heterocycles. The molecule has 3 N–H and O–H groups in total. The SMILES string of the molecule is C[C@@H]1C[C@@H](NN)CCO1.Cl. The van der Waals surface area contributed by atoms with Gasteiger partial charge in [0.05, 0.1) is 6.10 Å². The van der Waals surface area contributed by atoms with Crippen LogP contribution >= 0.6 is 12.4 Å². The van der Waals surface area contributed by atoms with E-state index in [0.717, 1.165) is 19.4 Å². The molecule has 0 radical (unpaired) electrons. The van der Waals surface area contributed by atoms with Gasteiger partial charge < -0.3 is 4.74 Å². The third kappa shape index (κ3) is 2.84. The minimum Gasteiger partial charge on any atom is -0.378 e. The zero-order chi connectivity index (χ0) is 6.69. The van der Waals surface area contributed by atoms with Gasteiger partial charge in [-0.1, -0.05) is 0 Å². The smallest absolute Gasteiger partial charge is 0.0562 e. The Hall–Kier alpha value is 0.170. The first-order valence-corrected chi connectivity index (χ1v) is 3.40. The highest BCUT2D eigenvalue weighted by Crippen LogP contribution is 2.11. The summed E-state index contributed by atoms with van der Waals surface area (Å²) in [5.74, 6) is 5.26. The molecule has 0 bridgehead atoms. The number of ether oxygens (including phenoxy) is 1. The first-order chi connectivity index (χ1) is 4.33. The van der Waals surface area contributed by atoms with Gasteiger partial charge in [0, 0.05) is 12.6 Å². The molecular weight excluding hydrogens is 152 g/mol. The Morgan fingerprint density at radius 3 is 2.70 bits per heavy atom. The maximum atomic E-state index is 5.31. The average Bonchev–Trinajstić information content (AvgIpc) is 1.88. The lowest BCUT2D eigenvalue weighted by Gasteiger charge is -2.26. The van der Waals surface area contributed by atoms with Gasteiger partial charge in [0.15, 0.2) is 0 Å². The fourth-order valence-electron chi connectivity index (χ4n) is 1.15. The number of halogens is 1. The lowest BCUT2D eigenvalue weighted by molar-refractivity contribution is 0.0134. The Morgan fingerprint density at radius 2 is 2.30 bits per heavy atom. The minimum absolute atomic E-state index is 0. The van der Waals surface area contributed by atoms with Gasteiger partial charge in [0.1, 0.15) is 0 Å². The number of hydrogen-bond donors (Lipinski definition) is 2. The Balaban J connectivity index is 0.000000810. The van der Waals surface area contributed by atoms with E-state index in [1.165, 1.54) is 0 Å². The van der Waals surface area contributed by atoms with E-state index in [4.69, 9.17) is 10.6 Å². The molecule has 1 saturated heterocycles. The van der Waals surface area contributed by atoms with E-state index in [2.05, 4.69) is 12.3 Å². The molecule has 0 aromatic heterocycles. The molecule has 0 amide bonds. The summed E-state index contributed by atoms with van der Waals surface area (Å²) < 4.78 is 5.31. The lowest BCUT2D eigenvalue weighted by Crippen LogP contribution is -2.41. The highest BCUT2D eigenvalue weighted by molar-refractivity contribution is 5.85. The largest absolute Gasteiger partial charge is 0.378 e. The molecule has 3 nitrogen and oxygen atoms in total. The lowest BCUT2D eigenvalue weighted by atomic mass is 10.1. The Kier molecular flexibility index (Phi) is 4.99. The molecule has 0 aliphatic carbocycles. The number of nitrogens with one attached hydrogen (secondary N) is 1. The van der Waals surface area contributed by atoms with Gasteiger partial charge in [0.25, 0.3) is 0 Å². The third-order valence-corrected chi connectivity index (χ3v) is 1.72. The molecule has 62 valence electrons. The molecule has 1 heterocycles. The summed E-state index contributed by atoms with van der Waals surface area (Å²) in [6, 6.07) is 0.466. The molecule has 1 aliphatic rings. The summed E-state index contributed by atoms with van der Waals surface area (Å²) in [7, 11) is 0.